The molecular weight excluding hydrogens is 358 g/mol. The van der Waals surface area contributed by atoms with Gasteiger partial charge in [-0.1, -0.05) is 18.2 Å². The summed E-state index contributed by atoms with van der Waals surface area (Å²) in [6.07, 6.45) is 0.960. The van der Waals surface area contributed by atoms with Crippen molar-refractivity contribution in [2.24, 2.45) is 0 Å². The van der Waals surface area contributed by atoms with E-state index < -0.39 is 6.10 Å². The minimum Gasteiger partial charge on any atom is -0.482 e. The molecule has 1 aromatic carbocycles. The van der Waals surface area contributed by atoms with Gasteiger partial charge in [-0.3, -0.25) is 4.79 Å². The van der Waals surface area contributed by atoms with E-state index in [-0.39, 0.29) is 18.1 Å². The van der Waals surface area contributed by atoms with Gasteiger partial charge in [-0.2, -0.15) is 0 Å². The van der Waals surface area contributed by atoms with Crippen LogP contribution in [0.5, 0.6) is 11.5 Å². The summed E-state index contributed by atoms with van der Waals surface area (Å²) in [6.45, 7) is 6.67. The molecule has 0 bridgehead atoms. The van der Waals surface area contributed by atoms with Gasteiger partial charge in [-0.05, 0) is 37.6 Å². The number of ether oxygens (including phenoxy) is 3. The van der Waals surface area contributed by atoms with Gasteiger partial charge < -0.3 is 24.4 Å². The number of amides is 1. The van der Waals surface area contributed by atoms with Gasteiger partial charge in [0.05, 0.1) is 12.7 Å². The van der Waals surface area contributed by atoms with Crippen molar-refractivity contribution in [3.05, 3.63) is 48.2 Å². The number of morpholine rings is 1. The first-order valence-electron chi connectivity index (χ1n) is 9.61. The van der Waals surface area contributed by atoms with Gasteiger partial charge in [0.1, 0.15) is 11.9 Å². The third-order valence-electron chi connectivity index (χ3n) is 4.94. The van der Waals surface area contributed by atoms with E-state index in [0.717, 1.165) is 24.5 Å². The van der Waals surface area contributed by atoms with E-state index in [9.17, 15) is 4.79 Å². The fraction of sp³-hybridized carbons (Fsp3) is 0.429. The minimum absolute atomic E-state index is 0.201. The molecule has 1 fully saturated rings. The number of hydrogen-bond acceptors (Lipinski definition) is 6. The highest BCUT2D eigenvalue weighted by molar-refractivity contribution is 5.82. The van der Waals surface area contributed by atoms with Crippen LogP contribution in [-0.2, 0) is 16.1 Å². The number of anilines is 1. The van der Waals surface area contributed by atoms with E-state index in [1.54, 1.807) is 12.3 Å². The number of carbonyl (C=O) groups is 1. The molecule has 3 atom stereocenters. The lowest BCUT2D eigenvalue weighted by molar-refractivity contribution is -0.133. The van der Waals surface area contributed by atoms with Gasteiger partial charge >= 0.3 is 0 Å². The molecule has 0 aliphatic carbocycles. The molecule has 7 heteroatoms. The third kappa shape index (κ3) is 4.04. The number of nitrogens with one attached hydrogen (secondary N) is 1. The number of pyridine rings is 1. The Kier molecular flexibility index (Phi) is 5.34. The Balaban J connectivity index is 1.33. The summed E-state index contributed by atoms with van der Waals surface area (Å²) in [5.74, 6) is 1.98. The molecule has 1 saturated heterocycles. The SMILES string of the molecule is C[C@@H]1CN(c2ccc(CNC(=O)[C@H]3Oc4ccccc4O[C@H]3C)cn2)CCO1. The maximum Gasteiger partial charge on any atom is 0.265 e. The third-order valence-corrected chi connectivity index (χ3v) is 4.94. The molecule has 0 radical (unpaired) electrons. The van der Waals surface area contributed by atoms with Crippen molar-refractivity contribution in [3.8, 4) is 11.5 Å². The van der Waals surface area contributed by atoms with Crippen molar-refractivity contribution < 1.29 is 19.0 Å². The maximum absolute atomic E-state index is 12.6. The van der Waals surface area contributed by atoms with Crippen LogP contribution in [0, 0.1) is 0 Å². The fourth-order valence-corrected chi connectivity index (χ4v) is 3.43. The van der Waals surface area contributed by atoms with Gasteiger partial charge in [-0.25, -0.2) is 4.98 Å². The smallest absolute Gasteiger partial charge is 0.265 e. The predicted octanol–water partition coefficient (Wildman–Crippen LogP) is 2.15. The van der Waals surface area contributed by atoms with Crippen LogP contribution < -0.4 is 19.7 Å². The summed E-state index contributed by atoms with van der Waals surface area (Å²) in [5.41, 5.74) is 0.934. The average Bonchev–Trinajstić information content (AvgIpc) is 2.72. The standard InChI is InChI=1S/C21H25N3O4/c1-14-13-24(9-10-26-14)19-8-7-16(11-22-19)12-23-21(25)20-15(2)27-17-5-3-4-6-18(17)28-20/h3-8,11,14-15,20H,9-10,12-13H2,1-2H3,(H,23,25)/t14-,15+,20+/m1/s1. The molecule has 1 amide bonds. The number of benzene rings is 1. The number of carbonyl (C=O) groups excluding carboxylic acids is 1. The maximum atomic E-state index is 12.6. The van der Waals surface area contributed by atoms with Crippen LogP contribution in [0.4, 0.5) is 5.82 Å². The van der Waals surface area contributed by atoms with Gasteiger partial charge in [0, 0.05) is 25.8 Å². The largest absolute Gasteiger partial charge is 0.482 e. The Bertz CT molecular complexity index is 827. The van der Waals surface area contributed by atoms with Crippen molar-refractivity contribution >= 4 is 11.7 Å². The van der Waals surface area contributed by atoms with Gasteiger partial charge in [0.15, 0.2) is 11.5 Å². The lowest BCUT2D eigenvalue weighted by Crippen LogP contribution is -2.48. The summed E-state index contributed by atoms with van der Waals surface area (Å²) >= 11 is 0. The second kappa shape index (κ2) is 8.06. The van der Waals surface area contributed by atoms with Crippen LogP contribution in [0.2, 0.25) is 0 Å². The number of aromatic nitrogens is 1. The Labute approximate surface area is 164 Å². The van der Waals surface area contributed by atoms with Crippen molar-refractivity contribution in [1.82, 2.24) is 10.3 Å². The Hall–Kier alpha value is -2.80. The van der Waals surface area contributed by atoms with Crippen LogP contribution in [0.3, 0.4) is 0 Å². The number of hydrogen-bond donors (Lipinski definition) is 1. The second-order valence-electron chi connectivity index (χ2n) is 7.18. The molecule has 2 aliphatic heterocycles. The molecule has 0 unspecified atom stereocenters. The first-order valence-corrected chi connectivity index (χ1v) is 9.61. The van der Waals surface area contributed by atoms with Crippen LogP contribution in [-0.4, -0.2) is 48.9 Å². The highest BCUT2D eigenvalue weighted by Gasteiger charge is 2.33. The van der Waals surface area contributed by atoms with E-state index in [1.807, 2.05) is 37.3 Å². The summed E-state index contributed by atoms with van der Waals surface area (Å²) < 4.78 is 17.2. The number of nitrogens with zero attached hydrogens (tertiary/aromatic N) is 2. The summed E-state index contributed by atoms with van der Waals surface area (Å²) in [4.78, 5) is 19.3. The zero-order chi connectivity index (χ0) is 19.5. The molecule has 0 spiro atoms. The average molecular weight is 383 g/mol. The predicted molar refractivity (Wildman–Crippen MR) is 105 cm³/mol. The number of rotatable bonds is 4. The van der Waals surface area contributed by atoms with Crippen molar-refractivity contribution in [1.29, 1.82) is 0 Å². The van der Waals surface area contributed by atoms with Crippen molar-refractivity contribution in [2.45, 2.75) is 38.7 Å². The van der Waals surface area contributed by atoms with E-state index >= 15 is 0 Å². The van der Waals surface area contributed by atoms with Crippen LogP contribution in [0.15, 0.2) is 42.6 Å². The van der Waals surface area contributed by atoms with Crippen LogP contribution in [0.1, 0.15) is 19.4 Å². The van der Waals surface area contributed by atoms with Crippen LogP contribution in [0.25, 0.3) is 0 Å². The molecule has 3 heterocycles. The van der Waals surface area contributed by atoms with Gasteiger partial charge in [-0.15, -0.1) is 0 Å². The summed E-state index contributed by atoms with van der Waals surface area (Å²) in [5, 5.41) is 2.92. The summed E-state index contributed by atoms with van der Waals surface area (Å²) in [6, 6.07) is 11.3. The molecule has 4 rings (SSSR count). The molecular formula is C21H25N3O4. The van der Waals surface area contributed by atoms with E-state index in [2.05, 4.69) is 22.1 Å². The Morgan fingerprint density at radius 1 is 1.18 bits per heavy atom. The Morgan fingerprint density at radius 3 is 2.68 bits per heavy atom. The Morgan fingerprint density at radius 2 is 1.96 bits per heavy atom. The van der Waals surface area contributed by atoms with Crippen LogP contribution >= 0.6 is 0 Å². The zero-order valence-electron chi connectivity index (χ0n) is 16.1. The molecule has 148 valence electrons. The summed E-state index contributed by atoms with van der Waals surface area (Å²) in [7, 11) is 0. The van der Waals surface area contributed by atoms with Gasteiger partial charge in [0.2, 0.25) is 6.10 Å². The van der Waals surface area contributed by atoms with E-state index in [0.29, 0.717) is 24.7 Å². The number of fused-ring (bicyclic) bond motifs is 1. The molecule has 7 nitrogen and oxygen atoms in total. The molecule has 1 aromatic heterocycles. The quantitative estimate of drug-likeness (QED) is 0.872. The molecule has 1 N–H and O–H groups in total. The monoisotopic (exact) mass is 383 g/mol. The van der Waals surface area contributed by atoms with Crippen molar-refractivity contribution in [3.63, 3.8) is 0 Å². The molecule has 28 heavy (non-hydrogen) atoms. The number of para-hydroxylation sites is 2. The molecule has 0 saturated carbocycles. The molecule has 2 aliphatic rings. The van der Waals surface area contributed by atoms with Gasteiger partial charge in [0.25, 0.3) is 5.91 Å². The highest BCUT2D eigenvalue weighted by atomic mass is 16.6. The van der Waals surface area contributed by atoms with E-state index in [1.165, 1.54) is 0 Å². The lowest BCUT2D eigenvalue weighted by Gasteiger charge is -2.32. The first kappa shape index (κ1) is 18.6. The topological polar surface area (TPSA) is 72.9 Å². The fourth-order valence-electron chi connectivity index (χ4n) is 3.43. The zero-order valence-corrected chi connectivity index (χ0v) is 16.1. The molecule has 2 aromatic rings. The van der Waals surface area contributed by atoms with Crippen molar-refractivity contribution in [2.75, 3.05) is 24.6 Å². The second-order valence-corrected chi connectivity index (χ2v) is 7.18. The first-order chi connectivity index (χ1) is 13.6. The normalized spacial score (nSPS) is 23.9. The highest BCUT2D eigenvalue weighted by Crippen LogP contribution is 2.33. The van der Waals surface area contributed by atoms with E-state index in [4.69, 9.17) is 14.2 Å². The minimum atomic E-state index is -0.683. The lowest BCUT2D eigenvalue weighted by atomic mass is 10.1.